The number of guanidine groups is 1. The van der Waals surface area contributed by atoms with Gasteiger partial charge in [0.05, 0.1) is 20.3 Å². The molecule has 0 saturated heterocycles. The Morgan fingerprint density at radius 2 is 1.61 bits per heavy atom. The number of nitrogens with one attached hydrogen (secondary N) is 3. The van der Waals surface area contributed by atoms with Crippen LogP contribution in [0.1, 0.15) is 24.2 Å². The van der Waals surface area contributed by atoms with Gasteiger partial charge in [-0.3, -0.25) is 5.32 Å². The van der Waals surface area contributed by atoms with Crippen LogP contribution in [0.4, 0.5) is 11.6 Å². The summed E-state index contributed by atoms with van der Waals surface area (Å²) in [6, 6.07) is 7.66. The van der Waals surface area contributed by atoms with Gasteiger partial charge in [-0.15, -0.1) is 0 Å². The third-order valence-electron chi connectivity index (χ3n) is 3.91. The Kier molecular flexibility index (Phi) is 6.25. The largest absolute Gasteiger partial charge is 0.497 e. The number of benzene rings is 1. The van der Waals surface area contributed by atoms with Crippen LogP contribution >= 0.6 is 12.2 Å². The van der Waals surface area contributed by atoms with E-state index in [-0.39, 0.29) is 0 Å². The van der Waals surface area contributed by atoms with Crippen LogP contribution in [0, 0.1) is 13.8 Å². The van der Waals surface area contributed by atoms with Crippen LogP contribution in [0.15, 0.2) is 29.3 Å². The maximum absolute atomic E-state index is 5.45. The van der Waals surface area contributed by atoms with Gasteiger partial charge in [0.1, 0.15) is 11.5 Å². The van der Waals surface area contributed by atoms with Gasteiger partial charge in [-0.25, -0.2) is 15.0 Å². The zero-order valence-corrected chi connectivity index (χ0v) is 17.2. The average Bonchev–Trinajstić information content (AvgIpc) is 3.44. The molecule has 0 aliphatic heterocycles. The van der Waals surface area contributed by atoms with Gasteiger partial charge in [0.15, 0.2) is 5.11 Å². The van der Waals surface area contributed by atoms with Crippen molar-refractivity contribution in [2.75, 3.05) is 24.9 Å². The van der Waals surface area contributed by atoms with E-state index in [1.807, 2.05) is 32.0 Å². The third kappa shape index (κ3) is 5.78. The van der Waals surface area contributed by atoms with E-state index >= 15 is 0 Å². The first-order chi connectivity index (χ1) is 13.4. The molecule has 0 radical (unpaired) electrons. The zero-order valence-electron chi connectivity index (χ0n) is 16.4. The Labute approximate surface area is 169 Å². The molecule has 1 aliphatic rings. The lowest BCUT2D eigenvalue weighted by atomic mass is 10.3. The number of ether oxygens (including phenoxy) is 2. The molecule has 1 fully saturated rings. The number of thiocarbonyl (C=S) groups is 1. The fraction of sp³-hybridized carbons (Fsp3) is 0.368. The molecule has 2 aromatic rings. The number of aryl methyl sites for hydroxylation is 2. The van der Waals surface area contributed by atoms with E-state index in [1.165, 1.54) is 0 Å². The molecule has 0 spiro atoms. The fourth-order valence-corrected chi connectivity index (χ4v) is 2.73. The van der Waals surface area contributed by atoms with E-state index in [0.717, 1.165) is 29.9 Å². The zero-order chi connectivity index (χ0) is 20.1. The van der Waals surface area contributed by atoms with Crippen LogP contribution in [0.3, 0.4) is 0 Å². The first-order valence-electron chi connectivity index (χ1n) is 8.93. The topological polar surface area (TPSA) is 92.7 Å². The lowest BCUT2D eigenvalue weighted by molar-refractivity contribution is 0.395. The number of aromatic nitrogens is 2. The number of aliphatic imine (C=N–C) groups is 1. The molecule has 28 heavy (non-hydrogen) atoms. The van der Waals surface area contributed by atoms with Gasteiger partial charge in [-0.05, 0) is 45.0 Å². The summed E-state index contributed by atoms with van der Waals surface area (Å²) in [5, 5.41) is 9.73. The predicted molar refractivity (Wildman–Crippen MR) is 114 cm³/mol. The SMILES string of the molecule is COc1cc(NC(=S)NC(=NC2CC2)Nc2nc(C)cc(C)n2)cc(OC)c1. The normalized spacial score (nSPS) is 13.6. The summed E-state index contributed by atoms with van der Waals surface area (Å²) in [5.74, 6) is 2.33. The first kappa shape index (κ1) is 19.8. The van der Waals surface area contributed by atoms with Crippen LogP contribution < -0.4 is 25.4 Å². The monoisotopic (exact) mass is 400 g/mol. The molecule has 1 aliphatic carbocycles. The number of rotatable bonds is 5. The number of hydrogen-bond donors (Lipinski definition) is 3. The standard InChI is InChI=1S/C19H24N6O2S/c1-11-7-12(2)21-17(20-11)24-18(22-13-5-6-13)25-19(28)23-14-8-15(26-3)10-16(9-14)27-4/h7-10,13H,5-6H2,1-4H3,(H3,20,21,22,23,24,25,28). The van der Waals surface area contributed by atoms with Gasteiger partial charge in [0.25, 0.3) is 0 Å². The predicted octanol–water partition coefficient (Wildman–Crippen LogP) is 3.03. The molecular formula is C19H24N6O2S. The Bertz CT molecular complexity index is 855. The molecule has 0 bridgehead atoms. The first-order valence-corrected chi connectivity index (χ1v) is 9.34. The van der Waals surface area contributed by atoms with Crippen molar-refractivity contribution in [1.82, 2.24) is 15.3 Å². The highest BCUT2D eigenvalue weighted by Crippen LogP contribution is 2.26. The summed E-state index contributed by atoms with van der Waals surface area (Å²) in [6.45, 7) is 3.85. The summed E-state index contributed by atoms with van der Waals surface area (Å²) >= 11 is 5.45. The highest BCUT2D eigenvalue weighted by atomic mass is 32.1. The molecule has 1 aromatic heterocycles. The summed E-state index contributed by atoms with van der Waals surface area (Å²) in [7, 11) is 3.20. The highest BCUT2D eigenvalue weighted by Gasteiger charge is 2.22. The van der Waals surface area contributed by atoms with E-state index in [4.69, 9.17) is 21.7 Å². The lowest BCUT2D eigenvalue weighted by Gasteiger charge is -2.15. The van der Waals surface area contributed by atoms with E-state index in [2.05, 4.69) is 30.9 Å². The van der Waals surface area contributed by atoms with Gasteiger partial charge < -0.3 is 20.1 Å². The Morgan fingerprint density at radius 1 is 1.00 bits per heavy atom. The molecule has 3 N–H and O–H groups in total. The minimum absolute atomic E-state index is 0.292. The molecule has 148 valence electrons. The Hall–Kier alpha value is -2.94. The van der Waals surface area contributed by atoms with Crippen LogP contribution in [-0.2, 0) is 0 Å². The fourth-order valence-electron chi connectivity index (χ4n) is 2.52. The average molecular weight is 401 g/mol. The molecule has 1 heterocycles. The molecule has 0 atom stereocenters. The van der Waals surface area contributed by atoms with Crippen molar-refractivity contribution in [2.24, 2.45) is 4.99 Å². The van der Waals surface area contributed by atoms with Gasteiger partial charge >= 0.3 is 0 Å². The van der Waals surface area contributed by atoms with Crippen molar-refractivity contribution in [2.45, 2.75) is 32.7 Å². The third-order valence-corrected chi connectivity index (χ3v) is 4.12. The number of methoxy groups -OCH3 is 2. The minimum atomic E-state index is 0.292. The van der Waals surface area contributed by atoms with Crippen molar-refractivity contribution in [3.05, 3.63) is 35.7 Å². The molecule has 1 aromatic carbocycles. The number of hydrogen-bond acceptors (Lipinski definition) is 6. The lowest BCUT2D eigenvalue weighted by Crippen LogP contribution is -2.39. The van der Waals surface area contributed by atoms with Crippen molar-refractivity contribution >= 4 is 34.9 Å². The van der Waals surface area contributed by atoms with Crippen LogP contribution in [-0.4, -0.2) is 41.3 Å². The van der Waals surface area contributed by atoms with E-state index in [1.54, 1.807) is 20.3 Å². The quantitative estimate of drug-likeness (QED) is 0.401. The Balaban J connectivity index is 1.71. The van der Waals surface area contributed by atoms with Crippen LogP contribution in [0.25, 0.3) is 0 Å². The van der Waals surface area contributed by atoms with E-state index < -0.39 is 0 Å². The van der Waals surface area contributed by atoms with Gasteiger partial charge in [-0.1, -0.05) is 0 Å². The number of nitrogens with zero attached hydrogens (tertiary/aromatic N) is 3. The van der Waals surface area contributed by atoms with E-state index in [0.29, 0.717) is 34.6 Å². The summed E-state index contributed by atoms with van der Waals surface area (Å²) < 4.78 is 10.6. The molecule has 1 saturated carbocycles. The van der Waals surface area contributed by atoms with Gasteiger partial charge in [0, 0.05) is 35.3 Å². The molecule has 8 nitrogen and oxygen atoms in total. The summed E-state index contributed by atoms with van der Waals surface area (Å²) in [5.41, 5.74) is 2.50. The molecule has 0 unspecified atom stereocenters. The Morgan fingerprint density at radius 3 is 2.14 bits per heavy atom. The highest BCUT2D eigenvalue weighted by molar-refractivity contribution is 7.80. The van der Waals surface area contributed by atoms with Crippen LogP contribution in [0.2, 0.25) is 0 Å². The smallest absolute Gasteiger partial charge is 0.229 e. The summed E-state index contributed by atoms with van der Waals surface area (Å²) in [4.78, 5) is 13.4. The number of anilines is 2. The second-order valence-corrected chi connectivity index (χ2v) is 6.90. The van der Waals surface area contributed by atoms with Crippen molar-refractivity contribution < 1.29 is 9.47 Å². The second kappa shape index (κ2) is 8.83. The van der Waals surface area contributed by atoms with Crippen molar-refractivity contribution in [1.29, 1.82) is 0 Å². The minimum Gasteiger partial charge on any atom is -0.497 e. The molecule has 0 amide bonds. The summed E-state index contributed by atoms with van der Waals surface area (Å²) in [6.07, 6.45) is 2.13. The maximum Gasteiger partial charge on any atom is 0.229 e. The van der Waals surface area contributed by atoms with Crippen LogP contribution in [0.5, 0.6) is 11.5 Å². The maximum atomic E-state index is 5.45. The molecule has 3 rings (SSSR count). The van der Waals surface area contributed by atoms with Gasteiger partial charge in [-0.2, -0.15) is 0 Å². The van der Waals surface area contributed by atoms with Crippen molar-refractivity contribution in [3.8, 4) is 11.5 Å². The van der Waals surface area contributed by atoms with Gasteiger partial charge in [0.2, 0.25) is 11.9 Å². The molecular weight excluding hydrogens is 376 g/mol. The van der Waals surface area contributed by atoms with Crippen molar-refractivity contribution in [3.63, 3.8) is 0 Å². The second-order valence-electron chi connectivity index (χ2n) is 6.49. The molecule has 9 heteroatoms. The van der Waals surface area contributed by atoms with E-state index in [9.17, 15) is 0 Å².